The van der Waals surface area contributed by atoms with Gasteiger partial charge in [-0.25, -0.2) is 0 Å². The van der Waals surface area contributed by atoms with Crippen LogP contribution in [0.25, 0.3) is 11.1 Å². The first-order valence-electron chi connectivity index (χ1n) is 8.64. The molecule has 0 aliphatic heterocycles. The summed E-state index contributed by atoms with van der Waals surface area (Å²) in [6.07, 6.45) is 0.656. The van der Waals surface area contributed by atoms with Crippen LogP contribution < -0.4 is 4.74 Å². The topological polar surface area (TPSA) is 43.4 Å². The Morgan fingerprint density at radius 1 is 0.769 bits per heavy atom. The minimum atomic E-state index is -0.327. The molecule has 0 spiro atoms. The normalized spacial score (nSPS) is 10.3. The smallest absolute Gasteiger partial charge is 0.315 e. The molecule has 0 fully saturated rings. The fraction of sp³-hybridized carbons (Fsp3) is 0.130. The molecule has 0 saturated heterocycles. The zero-order valence-corrected chi connectivity index (χ0v) is 14.6. The number of esters is 1. The molecule has 0 atom stereocenters. The van der Waals surface area contributed by atoms with Crippen molar-refractivity contribution in [2.75, 3.05) is 0 Å². The quantitative estimate of drug-likeness (QED) is 0.355. The second kappa shape index (κ2) is 8.26. The van der Waals surface area contributed by atoms with Crippen molar-refractivity contribution in [2.45, 2.75) is 19.8 Å². The van der Waals surface area contributed by atoms with Crippen molar-refractivity contribution >= 4 is 11.8 Å². The van der Waals surface area contributed by atoms with Crippen molar-refractivity contribution in [2.24, 2.45) is 0 Å². The van der Waals surface area contributed by atoms with Crippen LogP contribution in [0.15, 0.2) is 78.9 Å². The third kappa shape index (κ3) is 4.45. The van der Waals surface area contributed by atoms with Gasteiger partial charge in [0.2, 0.25) is 0 Å². The molecular formula is C23H20O3. The molecule has 3 nitrogen and oxygen atoms in total. The number of ether oxygens (including phenoxy) is 1. The van der Waals surface area contributed by atoms with Crippen LogP contribution in [0.2, 0.25) is 0 Å². The molecule has 0 unspecified atom stereocenters. The molecule has 0 aliphatic carbocycles. The fourth-order valence-corrected chi connectivity index (χ4v) is 2.69. The van der Waals surface area contributed by atoms with Crippen molar-refractivity contribution in [3.05, 3.63) is 90.0 Å². The van der Waals surface area contributed by atoms with Gasteiger partial charge in [-0.05, 0) is 41.0 Å². The standard InChI is InChI=1S/C23H20O3/c1-2-22(24)20-12-14-21(15-13-20)26-23(25)16-17-8-10-19(11-9-17)18-6-4-3-5-7-18/h3-15H,2,16H2,1H3. The third-order valence-electron chi connectivity index (χ3n) is 4.14. The van der Waals surface area contributed by atoms with E-state index in [0.29, 0.717) is 17.7 Å². The van der Waals surface area contributed by atoms with Gasteiger partial charge in [-0.3, -0.25) is 9.59 Å². The van der Waals surface area contributed by atoms with Gasteiger partial charge in [0, 0.05) is 12.0 Å². The Balaban J connectivity index is 1.60. The Labute approximate surface area is 153 Å². The highest BCUT2D eigenvalue weighted by Gasteiger charge is 2.08. The number of ketones is 1. The lowest BCUT2D eigenvalue weighted by molar-refractivity contribution is -0.133. The number of carbonyl (C=O) groups is 2. The van der Waals surface area contributed by atoms with E-state index < -0.39 is 0 Å². The van der Waals surface area contributed by atoms with Crippen molar-refractivity contribution in [1.82, 2.24) is 0 Å². The van der Waals surface area contributed by atoms with Gasteiger partial charge in [-0.15, -0.1) is 0 Å². The van der Waals surface area contributed by atoms with Gasteiger partial charge in [0.1, 0.15) is 5.75 Å². The molecule has 3 rings (SSSR count). The molecule has 0 N–H and O–H groups in total. The zero-order valence-electron chi connectivity index (χ0n) is 14.6. The Morgan fingerprint density at radius 2 is 1.38 bits per heavy atom. The number of rotatable bonds is 6. The van der Waals surface area contributed by atoms with E-state index in [0.717, 1.165) is 16.7 Å². The predicted molar refractivity (Wildman–Crippen MR) is 102 cm³/mol. The molecule has 3 aromatic carbocycles. The highest BCUT2D eigenvalue weighted by atomic mass is 16.5. The first-order valence-corrected chi connectivity index (χ1v) is 8.64. The van der Waals surface area contributed by atoms with Crippen molar-refractivity contribution in [3.63, 3.8) is 0 Å². The predicted octanol–water partition coefficient (Wildman–Crippen LogP) is 5.09. The molecule has 0 aliphatic rings. The molecule has 0 aromatic heterocycles. The zero-order chi connectivity index (χ0) is 18.4. The van der Waals surface area contributed by atoms with Gasteiger partial charge < -0.3 is 4.74 Å². The molecule has 26 heavy (non-hydrogen) atoms. The minimum absolute atomic E-state index is 0.0707. The first kappa shape index (κ1) is 17.6. The van der Waals surface area contributed by atoms with Crippen LogP contribution in [0.5, 0.6) is 5.75 Å². The Morgan fingerprint density at radius 3 is 2.00 bits per heavy atom. The van der Waals surface area contributed by atoms with Gasteiger partial charge in [0.05, 0.1) is 6.42 Å². The summed E-state index contributed by atoms with van der Waals surface area (Å²) in [6.45, 7) is 1.82. The second-order valence-electron chi connectivity index (χ2n) is 6.01. The summed E-state index contributed by atoms with van der Waals surface area (Å²) >= 11 is 0. The molecule has 0 heterocycles. The molecule has 0 saturated carbocycles. The maximum Gasteiger partial charge on any atom is 0.315 e. The first-order chi connectivity index (χ1) is 12.7. The van der Waals surface area contributed by atoms with Crippen LogP contribution in [0.1, 0.15) is 29.3 Å². The minimum Gasteiger partial charge on any atom is -0.426 e. The summed E-state index contributed by atoms with van der Waals surface area (Å²) < 4.78 is 5.35. The van der Waals surface area contributed by atoms with Gasteiger partial charge >= 0.3 is 5.97 Å². The van der Waals surface area contributed by atoms with E-state index in [1.54, 1.807) is 24.3 Å². The van der Waals surface area contributed by atoms with E-state index in [9.17, 15) is 9.59 Å². The van der Waals surface area contributed by atoms with Gasteiger partial charge in [-0.2, -0.15) is 0 Å². The van der Waals surface area contributed by atoms with Crippen LogP contribution in [0.4, 0.5) is 0 Å². The second-order valence-corrected chi connectivity index (χ2v) is 6.01. The molecular weight excluding hydrogens is 324 g/mol. The van der Waals surface area contributed by atoms with E-state index in [-0.39, 0.29) is 18.2 Å². The maximum absolute atomic E-state index is 12.1. The fourth-order valence-electron chi connectivity index (χ4n) is 2.69. The number of hydrogen-bond donors (Lipinski definition) is 0. The van der Waals surface area contributed by atoms with Gasteiger partial charge in [0.15, 0.2) is 5.78 Å². The molecule has 3 heteroatoms. The molecule has 0 amide bonds. The molecule has 3 aromatic rings. The van der Waals surface area contributed by atoms with Gasteiger partial charge in [-0.1, -0.05) is 61.5 Å². The van der Waals surface area contributed by atoms with Gasteiger partial charge in [0.25, 0.3) is 0 Å². The van der Waals surface area contributed by atoms with E-state index in [2.05, 4.69) is 12.1 Å². The van der Waals surface area contributed by atoms with E-state index in [4.69, 9.17) is 4.74 Å². The lowest BCUT2D eigenvalue weighted by Crippen LogP contribution is -2.11. The summed E-state index contributed by atoms with van der Waals surface area (Å²) in [5, 5.41) is 0. The SMILES string of the molecule is CCC(=O)c1ccc(OC(=O)Cc2ccc(-c3ccccc3)cc2)cc1. The molecule has 130 valence electrons. The van der Waals surface area contributed by atoms with Crippen molar-refractivity contribution in [3.8, 4) is 16.9 Å². The van der Waals surface area contributed by atoms with Crippen LogP contribution >= 0.6 is 0 Å². The average Bonchev–Trinajstić information content (AvgIpc) is 2.69. The average molecular weight is 344 g/mol. The highest BCUT2D eigenvalue weighted by molar-refractivity contribution is 5.96. The summed E-state index contributed by atoms with van der Waals surface area (Å²) in [5.41, 5.74) is 3.78. The highest BCUT2D eigenvalue weighted by Crippen LogP contribution is 2.20. The third-order valence-corrected chi connectivity index (χ3v) is 4.14. The Kier molecular flexibility index (Phi) is 5.59. The summed E-state index contributed by atoms with van der Waals surface area (Å²) in [7, 11) is 0. The number of hydrogen-bond acceptors (Lipinski definition) is 3. The number of Topliss-reactive ketones (excluding diaryl/α,β-unsaturated/α-hetero) is 1. The number of benzene rings is 3. The monoisotopic (exact) mass is 344 g/mol. The van der Waals surface area contributed by atoms with Crippen LogP contribution in [0.3, 0.4) is 0 Å². The Hall–Kier alpha value is -3.20. The van der Waals surface area contributed by atoms with Crippen LogP contribution in [0, 0.1) is 0 Å². The molecule has 0 bridgehead atoms. The summed E-state index contributed by atoms with van der Waals surface area (Å²) in [5.74, 6) is 0.192. The van der Waals surface area contributed by atoms with E-state index in [1.165, 1.54) is 0 Å². The van der Waals surface area contributed by atoms with Crippen LogP contribution in [-0.2, 0) is 11.2 Å². The maximum atomic E-state index is 12.1. The van der Waals surface area contributed by atoms with Crippen LogP contribution in [-0.4, -0.2) is 11.8 Å². The van der Waals surface area contributed by atoms with E-state index >= 15 is 0 Å². The summed E-state index contributed by atoms with van der Waals surface area (Å²) in [6, 6.07) is 24.6. The summed E-state index contributed by atoms with van der Waals surface area (Å²) in [4.78, 5) is 23.7. The Bertz CT molecular complexity index is 879. The van der Waals surface area contributed by atoms with Crippen molar-refractivity contribution in [1.29, 1.82) is 0 Å². The largest absolute Gasteiger partial charge is 0.426 e. The lowest BCUT2D eigenvalue weighted by Gasteiger charge is -2.06. The lowest BCUT2D eigenvalue weighted by atomic mass is 10.0. The number of carbonyl (C=O) groups excluding carboxylic acids is 2. The molecule has 0 radical (unpaired) electrons. The van der Waals surface area contributed by atoms with Crippen molar-refractivity contribution < 1.29 is 14.3 Å². The van der Waals surface area contributed by atoms with E-state index in [1.807, 2.05) is 49.4 Å².